The summed E-state index contributed by atoms with van der Waals surface area (Å²) in [6, 6.07) is 21.1. The second-order valence-electron chi connectivity index (χ2n) is 5.33. The molecule has 106 valence electrons. The normalized spacial score (nSPS) is 12.4. The van der Waals surface area contributed by atoms with Crippen LogP contribution < -0.4 is 8.92 Å². The van der Waals surface area contributed by atoms with E-state index in [2.05, 4.69) is 55.5 Å². The fraction of sp³-hybridized carbons (Fsp3) is 0.294. The molecule has 2 rings (SSSR count). The molecule has 0 fully saturated rings. The molecule has 1 nitrogen and oxygen atoms in total. The van der Waals surface area contributed by atoms with Crippen LogP contribution in [0.3, 0.4) is 0 Å². The first kappa shape index (κ1) is 15.8. The summed E-state index contributed by atoms with van der Waals surface area (Å²) >= 11 is 0.477. The molecule has 0 aliphatic carbocycles. The quantitative estimate of drug-likeness (QED) is 0.764. The molecule has 0 saturated carbocycles. The fourth-order valence-corrected chi connectivity index (χ4v) is 8.50. The van der Waals surface area contributed by atoms with E-state index in [1.54, 1.807) is 0 Å². The molecule has 0 saturated heterocycles. The van der Waals surface area contributed by atoms with Crippen LogP contribution in [0.2, 0.25) is 3.21 Å². The summed E-state index contributed by atoms with van der Waals surface area (Å²) in [5.41, 5.74) is -0.682. The summed E-state index contributed by atoms with van der Waals surface area (Å²) in [6.07, 6.45) is 0. The van der Waals surface area contributed by atoms with Crippen LogP contribution in [-0.4, -0.2) is 40.6 Å². The number of hydrogen-bond acceptors (Lipinski definition) is 1. The van der Waals surface area contributed by atoms with E-state index in [4.69, 9.17) is 0 Å². The third kappa shape index (κ3) is 3.97. The van der Waals surface area contributed by atoms with Crippen molar-refractivity contribution in [2.75, 3.05) is 0 Å². The van der Waals surface area contributed by atoms with E-state index in [1.807, 2.05) is 26.0 Å². The van der Waals surface area contributed by atoms with Crippen LogP contribution in [0.25, 0.3) is 0 Å². The van der Waals surface area contributed by atoms with E-state index in [9.17, 15) is 5.11 Å². The number of rotatable bonds is 5. The van der Waals surface area contributed by atoms with Crippen molar-refractivity contribution >= 4 is 38.8 Å². The van der Waals surface area contributed by atoms with Crippen molar-refractivity contribution in [1.82, 2.24) is 0 Å². The molecule has 0 aliphatic heterocycles. The first-order valence-corrected chi connectivity index (χ1v) is 10.0. The Morgan fingerprint density at radius 2 is 1.05 bits per heavy atom. The minimum atomic E-state index is -0.682. The van der Waals surface area contributed by atoms with Gasteiger partial charge in [0.1, 0.15) is 0 Å². The summed E-state index contributed by atoms with van der Waals surface area (Å²) in [5.74, 6) is 0. The van der Waals surface area contributed by atoms with Crippen LogP contribution >= 0.6 is 0 Å². The van der Waals surface area contributed by atoms with Gasteiger partial charge in [-0.1, -0.05) is 0 Å². The first-order chi connectivity index (χ1) is 9.41. The average Bonchev–Trinajstić information content (AvgIpc) is 2.39. The summed E-state index contributed by atoms with van der Waals surface area (Å²) < 4.78 is 2.63. The van der Waals surface area contributed by atoms with Crippen LogP contribution in [0.4, 0.5) is 0 Å². The molecule has 0 amide bonds. The van der Waals surface area contributed by atoms with Gasteiger partial charge in [0, 0.05) is 0 Å². The average molecular weight is 398 g/mol. The van der Waals surface area contributed by atoms with Gasteiger partial charge in [0.05, 0.1) is 0 Å². The number of aliphatic hydroxyl groups is 1. The molecule has 0 spiro atoms. The summed E-state index contributed by atoms with van der Waals surface area (Å²) in [6.45, 7) is 6.12. The monoisotopic (exact) mass is 400 g/mol. The Labute approximate surface area is 134 Å². The Kier molecular flexibility index (Phi) is 5.12. The van der Waals surface area contributed by atoms with Crippen molar-refractivity contribution in [3.8, 4) is 0 Å². The predicted octanol–water partition coefficient (Wildman–Crippen LogP) is 1.95. The summed E-state index contributed by atoms with van der Waals surface area (Å²) in [4.78, 5) is 0. The summed E-state index contributed by atoms with van der Waals surface area (Å²) in [5, 5.41) is 10.7. The molecule has 0 aromatic heterocycles. The molecule has 0 heterocycles. The zero-order valence-corrected chi connectivity index (χ0v) is 15.5. The van der Waals surface area contributed by atoms with Gasteiger partial charge in [-0.15, -0.1) is 0 Å². The maximum absolute atomic E-state index is 10.7. The Hall–Kier alpha value is -0.561. The third-order valence-electron chi connectivity index (χ3n) is 3.22. The molecule has 2 aromatic rings. The van der Waals surface area contributed by atoms with Crippen molar-refractivity contribution in [3.63, 3.8) is 0 Å². The van der Waals surface area contributed by atoms with Gasteiger partial charge in [0.15, 0.2) is 0 Å². The van der Waals surface area contributed by atoms with Crippen LogP contribution in [0.1, 0.15) is 20.8 Å². The number of hydrogen-bond donors (Lipinski definition) is 1. The molecule has 20 heavy (non-hydrogen) atoms. The molecular formula is C17H20OSe2. The molecule has 0 unspecified atom stereocenters. The molecule has 0 aliphatic rings. The van der Waals surface area contributed by atoms with Crippen molar-refractivity contribution in [2.24, 2.45) is 0 Å². The minimum absolute atomic E-state index is 0.0737. The number of benzene rings is 2. The van der Waals surface area contributed by atoms with E-state index in [0.717, 1.165) is 0 Å². The molecule has 0 radical (unpaired) electrons. The zero-order valence-electron chi connectivity index (χ0n) is 12.0. The van der Waals surface area contributed by atoms with Gasteiger partial charge in [-0.05, 0) is 0 Å². The van der Waals surface area contributed by atoms with Crippen LogP contribution in [0.5, 0.6) is 0 Å². The van der Waals surface area contributed by atoms with Crippen LogP contribution in [-0.2, 0) is 0 Å². The van der Waals surface area contributed by atoms with Gasteiger partial charge in [-0.3, -0.25) is 0 Å². The van der Waals surface area contributed by atoms with E-state index < -0.39 is 5.60 Å². The first-order valence-electron chi connectivity index (χ1n) is 6.61. The molecular weight excluding hydrogens is 378 g/mol. The second-order valence-corrected chi connectivity index (χ2v) is 12.9. The standard InChI is InChI=1S/C17H20OSe2/c1-16(2,18)17(3,19-14-10-6-4-7-11-14)20-15-12-8-5-9-13-15/h4-13,18H,1-3H3. The maximum atomic E-state index is 10.7. The molecule has 2 aromatic carbocycles. The SMILES string of the molecule is CC(C)(O)C(C)([Se]c1ccccc1)[Se]c1ccccc1. The zero-order chi connectivity index (χ0) is 14.6. The Bertz CT molecular complexity index is 490. The van der Waals surface area contributed by atoms with E-state index in [-0.39, 0.29) is 33.1 Å². The van der Waals surface area contributed by atoms with Crippen molar-refractivity contribution in [1.29, 1.82) is 0 Å². The van der Waals surface area contributed by atoms with E-state index in [1.165, 1.54) is 8.92 Å². The van der Waals surface area contributed by atoms with Gasteiger partial charge in [0.2, 0.25) is 0 Å². The third-order valence-corrected chi connectivity index (χ3v) is 10.9. The Morgan fingerprint density at radius 1 is 0.700 bits per heavy atom. The molecule has 3 heteroatoms. The van der Waals surface area contributed by atoms with E-state index in [0.29, 0.717) is 0 Å². The van der Waals surface area contributed by atoms with Crippen molar-refractivity contribution in [3.05, 3.63) is 60.7 Å². The van der Waals surface area contributed by atoms with Gasteiger partial charge in [-0.25, -0.2) is 0 Å². The Morgan fingerprint density at radius 3 is 1.35 bits per heavy atom. The van der Waals surface area contributed by atoms with Crippen molar-refractivity contribution < 1.29 is 5.11 Å². The van der Waals surface area contributed by atoms with Gasteiger partial charge in [-0.2, -0.15) is 0 Å². The van der Waals surface area contributed by atoms with Crippen molar-refractivity contribution in [2.45, 2.75) is 29.6 Å². The predicted molar refractivity (Wildman–Crippen MR) is 88.3 cm³/mol. The summed E-state index contributed by atoms with van der Waals surface area (Å²) in [7, 11) is 0. The fourth-order valence-electron chi connectivity index (χ4n) is 1.70. The van der Waals surface area contributed by atoms with Gasteiger partial charge in [0.25, 0.3) is 0 Å². The molecule has 0 atom stereocenters. The molecule has 0 bridgehead atoms. The molecule has 1 N–H and O–H groups in total. The Balaban J connectivity index is 2.27. The van der Waals surface area contributed by atoms with Crippen LogP contribution in [0, 0.1) is 0 Å². The van der Waals surface area contributed by atoms with E-state index >= 15 is 0 Å². The topological polar surface area (TPSA) is 20.2 Å². The van der Waals surface area contributed by atoms with Gasteiger partial charge < -0.3 is 0 Å². The second kappa shape index (κ2) is 6.47. The van der Waals surface area contributed by atoms with Gasteiger partial charge >= 0.3 is 134 Å². The van der Waals surface area contributed by atoms with Crippen LogP contribution in [0.15, 0.2) is 60.7 Å².